The fourth-order valence-electron chi connectivity index (χ4n) is 5.17. The van der Waals surface area contributed by atoms with Gasteiger partial charge in [0.05, 0.1) is 31.4 Å². The van der Waals surface area contributed by atoms with Crippen LogP contribution in [0, 0.1) is 11.3 Å². The first kappa shape index (κ1) is 24.1. The first-order chi connectivity index (χ1) is 13.6. The number of ether oxygens (including phenoxy) is 3. The minimum Gasteiger partial charge on any atom is -0.495 e. The van der Waals surface area contributed by atoms with Crippen molar-refractivity contribution in [1.29, 1.82) is 0 Å². The Hall–Kier alpha value is -1.20. The first-order valence-electron chi connectivity index (χ1n) is 10.4. The van der Waals surface area contributed by atoms with Gasteiger partial charge in [-0.3, -0.25) is 0 Å². The summed E-state index contributed by atoms with van der Waals surface area (Å²) in [5.74, 6) is 2.38. The van der Waals surface area contributed by atoms with Gasteiger partial charge in [-0.1, -0.05) is 40.2 Å². The van der Waals surface area contributed by atoms with Crippen molar-refractivity contribution in [3.05, 3.63) is 28.3 Å². The molecule has 5 heteroatoms. The number of hydrogen-bond acceptors (Lipinski definition) is 4. The SMILES string of the molecule is C=CC[C@H]1C(C)(C)CCC[C@]1(O)Cc1c(Br)c(OC)c(C(C)C)c(OC)c1OC. The second kappa shape index (κ2) is 9.30. The van der Waals surface area contributed by atoms with Gasteiger partial charge in [0.2, 0.25) is 0 Å². The molecule has 0 bridgehead atoms. The molecule has 0 heterocycles. The van der Waals surface area contributed by atoms with E-state index in [-0.39, 0.29) is 17.3 Å². The second-order valence-electron chi connectivity index (χ2n) is 9.16. The zero-order chi connectivity index (χ0) is 22.0. The van der Waals surface area contributed by atoms with Crippen molar-refractivity contribution < 1.29 is 19.3 Å². The van der Waals surface area contributed by atoms with Gasteiger partial charge in [-0.25, -0.2) is 0 Å². The molecular formula is C24H37BrO4. The Bertz CT molecular complexity index is 741. The van der Waals surface area contributed by atoms with Crippen LogP contribution in [0.5, 0.6) is 17.2 Å². The normalized spacial score (nSPS) is 23.7. The van der Waals surface area contributed by atoms with Crippen LogP contribution in [0.25, 0.3) is 0 Å². The van der Waals surface area contributed by atoms with Crippen LogP contribution in [0.15, 0.2) is 17.1 Å². The monoisotopic (exact) mass is 468 g/mol. The molecule has 0 saturated heterocycles. The number of halogens is 1. The van der Waals surface area contributed by atoms with Crippen molar-refractivity contribution in [2.45, 2.75) is 71.3 Å². The van der Waals surface area contributed by atoms with E-state index < -0.39 is 5.60 Å². The van der Waals surface area contributed by atoms with Gasteiger partial charge in [0.15, 0.2) is 11.5 Å². The Kier molecular flexibility index (Phi) is 7.72. The molecular weight excluding hydrogens is 432 g/mol. The van der Waals surface area contributed by atoms with Crippen molar-refractivity contribution in [2.75, 3.05) is 21.3 Å². The quantitative estimate of drug-likeness (QED) is 0.456. The minimum atomic E-state index is -0.860. The smallest absolute Gasteiger partial charge is 0.168 e. The predicted molar refractivity (Wildman–Crippen MR) is 122 cm³/mol. The molecule has 4 nitrogen and oxygen atoms in total. The summed E-state index contributed by atoms with van der Waals surface area (Å²) in [6.07, 6.45) is 6.02. The lowest BCUT2D eigenvalue weighted by molar-refractivity contribution is -0.100. The third-order valence-corrected chi connectivity index (χ3v) is 7.37. The lowest BCUT2D eigenvalue weighted by atomic mass is 9.58. The molecule has 0 radical (unpaired) electrons. The summed E-state index contributed by atoms with van der Waals surface area (Å²) < 4.78 is 18.2. The van der Waals surface area contributed by atoms with Crippen molar-refractivity contribution in [1.82, 2.24) is 0 Å². The molecule has 0 spiro atoms. The highest BCUT2D eigenvalue weighted by molar-refractivity contribution is 9.10. The first-order valence-corrected chi connectivity index (χ1v) is 11.2. The topological polar surface area (TPSA) is 47.9 Å². The molecule has 2 atom stereocenters. The summed E-state index contributed by atoms with van der Waals surface area (Å²) in [7, 11) is 4.97. The molecule has 1 aliphatic carbocycles. The highest BCUT2D eigenvalue weighted by Crippen LogP contribution is 2.54. The lowest BCUT2D eigenvalue weighted by Crippen LogP contribution is -2.50. The standard InChI is InChI=1S/C24H37BrO4/c1-9-11-17-23(4,5)12-10-13-24(17,26)14-16-19(25)21(28-7)18(15(2)3)22(29-8)20(16)27-6/h9,15,17,26H,1,10-14H2,2-8H3/t17-,24-/m0/s1. The van der Waals surface area contributed by atoms with Crippen LogP contribution in [-0.2, 0) is 6.42 Å². The third-order valence-electron chi connectivity index (χ3n) is 6.53. The molecule has 0 unspecified atom stereocenters. The Morgan fingerprint density at radius 3 is 2.17 bits per heavy atom. The van der Waals surface area contributed by atoms with Gasteiger partial charge in [-0.15, -0.1) is 6.58 Å². The van der Waals surface area contributed by atoms with E-state index in [9.17, 15) is 5.11 Å². The number of allylic oxidation sites excluding steroid dienone is 1. The van der Waals surface area contributed by atoms with Crippen LogP contribution in [0.3, 0.4) is 0 Å². The largest absolute Gasteiger partial charge is 0.495 e. The number of methoxy groups -OCH3 is 3. The average molecular weight is 469 g/mol. The van der Waals surface area contributed by atoms with Gasteiger partial charge in [0.1, 0.15) is 5.75 Å². The number of benzene rings is 1. The van der Waals surface area contributed by atoms with E-state index in [0.29, 0.717) is 17.9 Å². The van der Waals surface area contributed by atoms with Gasteiger partial charge in [-0.2, -0.15) is 0 Å². The molecule has 2 rings (SSSR count). The van der Waals surface area contributed by atoms with E-state index >= 15 is 0 Å². The molecule has 1 aromatic rings. The zero-order valence-electron chi connectivity index (χ0n) is 19.0. The van der Waals surface area contributed by atoms with Crippen LogP contribution in [0.4, 0.5) is 0 Å². The number of hydrogen-bond donors (Lipinski definition) is 1. The predicted octanol–water partition coefficient (Wildman–Crippen LogP) is 6.27. The maximum atomic E-state index is 11.9. The Balaban J connectivity index is 2.69. The summed E-state index contributed by atoms with van der Waals surface area (Å²) in [5, 5.41) is 11.9. The zero-order valence-corrected chi connectivity index (χ0v) is 20.6. The van der Waals surface area contributed by atoms with E-state index in [1.165, 1.54) is 0 Å². The Labute approximate surface area is 184 Å². The summed E-state index contributed by atoms with van der Waals surface area (Å²) >= 11 is 3.76. The molecule has 1 aromatic carbocycles. The van der Waals surface area contributed by atoms with Gasteiger partial charge < -0.3 is 19.3 Å². The highest BCUT2D eigenvalue weighted by atomic mass is 79.9. The van der Waals surface area contributed by atoms with Crippen LogP contribution in [0.1, 0.15) is 70.4 Å². The summed E-state index contributed by atoms with van der Waals surface area (Å²) in [6, 6.07) is 0. The van der Waals surface area contributed by atoms with Gasteiger partial charge >= 0.3 is 0 Å². The number of rotatable bonds is 8. The van der Waals surface area contributed by atoms with Gasteiger partial charge in [0, 0.05) is 17.5 Å². The van der Waals surface area contributed by atoms with Crippen LogP contribution < -0.4 is 14.2 Å². The highest BCUT2D eigenvalue weighted by Gasteiger charge is 2.48. The maximum Gasteiger partial charge on any atom is 0.168 e. The van der Waals surface area contributed by atoms with Crippen molar-refractivity contribution in [3.63, 3.8) is 0 Å². The summed E-state index contributed by atoms with van der Waals surface area (Å²) in [4.78, 5) is 0. The van der Waals surface area contributed by atoms with Crippen LogP contribution >= 0.6 is 15.9 Å². The van der Waals surface area contributed by atoms with E-state index in [1.54, 1.807) is 21.3 Å². The molecule has 1 aliphatic rings. The summed E-state index contributed by atoms with van der Waals surface area (Å²) in [6.45, 7) is 12.6. The van der Waals surface area contributed by atoms with Crippen LogP contribution in [0.2, 0.25) is 0 Å². The number of aliphatic hydroxyl groups is 1. The van der Waals surface area contributed by atoms with Gasteiger partial charge in [-0.05, 0) is 52.4 Å². The molecule has 0 aliphatic heterocycles. The van der Waals surface area contributed by atoms with Gasteiger partial charge in [0.25, 0.3) is 0 Å². The minimum absolute atomic E-state index is 0.0347. The fraction of sp³-hybridized carbons (Fsp3) is 0.667. The molecule has 0 amide bonds. The van der Waals surface area contributed by atoms with E-state index in [0.717, 1.165) is 47.0 Å². The Morgan fingerprint density at radius 2 is 1.69 bits per heavy atom. The van der Waals surface area contributed by atoms with E-state index in [4.69, 9.17) is 14.2 Å². The fourth-order valence-corrected chi connectivity index (χ4v) is 5.86. The second-order valence-corrected chi connectivity index (χ2v) is 9.95. The lowest BCUT2D eigenvalue weighted by Gasteiger charge is -2.50. The molecule has 164 valence electrons. The van der Waals surface area contributed by atoms with Crippen LogP contribution in [-0.4, -0.2) is 32.0 Å². The van der Waals surface area contributed by atoms with Crippen molar-refractivity contribution >= 4 is 15.9 Å². The van der Waals surface area contributed by atoms with E-state index in [1.807, 2.05) is 6.08 Å². The van der Waals surface area contributed by atoms with Crippen molar-refractivity contribution in [3.8, 4) is 17.2 Å². The molecule has 1 N–H and O–H groups in total. The molecule has 1 saturated carbocycles. The molecule has 0 aromatic heterocycles. The summed E-state index contributed by atoms with van der Waals surface area (Å²) in [5.41, 5.74) is 1.02. The Morgan fingerprint density at radius 1 is 1.10 bits per heavy atom. The van der Waals surface area contributed by atoms with E-state index in [2.05, 4.69) is 50.2 Å². The maximum absolute atomic E-state index is 11.9. The average Bonchev–Trinajstić information content (AvgIpc) is 2.65. The third kappa shape index (κ3) is 4.46. The molecule has 29 heavy (non-hydrogen) atoms. The van der Waals surface area contributed by atoms with Crippen molar-refractivity contribution in [2.24, 2.45) is 11.3 Å². The molecule has 1 fully saturated rings.